The molecule has 0 radical (unpaired) electrons. The molecule has 1 aliphatic heterocycles. The van der Waals surface area contributed by atoms with Crippen molar-refractivity contribution in [2.75, 3.05) is 12.3 Å². The first-order valence-corrected chi connectivity index (χ1v) is 10.4. The first-order valence-electron chi connectivity index (χ1n) is 11.5. The normalized spacial score (nSPS) is 23.9. The minimum absolute atomic E-state index is 0.202. The van der Waals surface area contributed by atoms with Crippen LogP contribution < -0.4 is 10.6 Å². The first-order chi connectivity index (χ1) is 17.6. The van der Waals surface area contributed by atoms with Gasteiger partial charge in [0, 0.05) is 41.2 Å². The number of aliphatic hydroxyl groups is 2. The highest BCUT2D eigenvalue weighted by molar-refractivity contribution is 6.30. The molecule has 0 spiro atoms. The molecule has 4 aromatic rings. The van der Waals surface area contributed by atoms with E-state index >= 15 is 0 Å². The summed E-state index contributed by atoms with van der Waals surface area (Å²) in [7, 11) is 0. The number of carbonyl (C=O) groups is 1. The van der Waals surface area contributed by atoms with E-state index in [0.717, 1.165) is 5.56 Å². The number of likely N-dealkylation sites (N-methyl/N-ethyl adjacent to an activating group) is 1. The van der Waals surface area contributed by atoms with Gasteiger partial charge >= 0.3 is 0 Å². The average molecular weight is 489 g/mol. The lowest BCUT2D eigenvalue weighted by Crippen LogP contribution is -2.41. The average Bonchev–Trinajstić information content (AvgIpc) is 3.57. The van der Waals surface area contributed by atoms with Gasteiger partial charge in [0.15, 0.2) is 35.1 Å². The number of carbonyl (C=O) groups excluding carboxylic acids is 1. The topological polar surface area (TPSA) is 160 Å². The van der Waals surface area contributed by atoms with Crippen molar-refractivity contribution in [3.8, 4) is 11.4 Å². The molecular weight excluding hydrogens is 466 g/mol. The lowest BCUT2D eigenvalue weighted by Gasteiger charge is -2.17. The predicted octanol–water partition coefficient (Wildman–Crippen LogP) is 1.11. The van der Waals surface area contributed by atoms with E-state index in [4.69, 9.17) is 24.9 Å². The first kappa shape index (κ1) is 18.8. The van der Waals surface area contributed by atoms with E-state index in [0.29, 0.717) is 28.5 Å². The molecule has 5 rings (SSSR count). The number of amides is 1. The maximum Gasteiger partial charge on any atom is 0.251 e. The van der Waals surface area contributed by atoms with E-state index < -0.39 is 37.4 Å². The van der Waals surface area contributed by atoms with Crippen molar-refractivity contribution in [2.24, 2.45) is 0 Å². The zero-order valence-corrected chi connectivity index (χ0v) is 18.0. The Morgan fingerprint density at radius 1 is 1.32 bits per heavy atom. The van der Waals surface area contributed by atoms with E-state index in [9.17, 15) is 15.0 Å². The second-order valence-corrected chi connectivity index (χ2v) is 7.95. The van der Waals surface area contributed by atoms with Gasteiger partial charge in [-0.05, 0) is 12.1 Å². The van der Waals surface area contributed by atoms with Crippen LogP contribution >= 0.6 is 11.6 Å². The molecular formula is C21H20ClN7O5. The molecule has 0 aromatic carbocycles. The summed E-state index contributed by atoms with van der Waals surface area (Å²) < 4.78 is 33.7. The molecule has 176 valence electrons. The SMILES string of the molecule is [2H]C([2H])([2H])NC(=O)[C@H]1O[C@@H](n2cnc3c(NCc4ccoc4)nc(-c4cncc(Cl)c4)nc32)[C@H](O)[C@@H]1O. The van der Waals surface area contributed by atoms with Crippen molar-refractivity contribution in [1.29, 1.82) is 0 Å². The Kier molecular flexibility index (Phi) is 4.97. The third-order valence-electron chi connectivity index (χ3n) is 5.32. The number of halogens is 1. The fraction of sp³-hybridized carbons (Fsp3) is 0.286. The monoisotopic (exact) mass is 488 g/mol. The quantitative estimate of drug-likeness (QED) is 0.309. The highest BCUT2D eigenvalue weighted by Crippen LogP contribution is 2.33. The van der Waals surface area contributed by atoms with E-state index in [1.807, 2.05) is 0 Å². The van der Waals surface area contributed by atoms with E-state index in [1.165, 1.54) is 29.6 Å². The van der Waals surface area contributed by atoms with Crippen LogP contribution in [0.15, 0.2) is 47.8 Å². The molecule has 0 bridgehead atoms. The number of nitrogens with zero attached hydrogens (tertiary/aromatic N) is 5. The van der Waals surface area contributed by atoms with Crippen LogP contribution in [0.4, 0.5) is 5.82 Å². The number of fused-ring (bicyclic) bond motifs is 1. The molecule has 1 fully saturated rings. The minimum Gasteiger partial charge on any atom is -0.472 e. The van der Waals surface area contributed by atoms with Gasteiger partial charge in [-0.25, -0.2) is 15.0 Å². The summed E-state index contributed by atoms with van der Waals surface area (Å²) >= 11 is 6.10. The Bertz CT molecular complexity index is 1430. The third kappa shape index (κ3) is 3.96. The van der Waals surface area contributed by atoms with Crippen molar-refractivity contribution in [2.45, 2.75) is 31.1 Å². The van der Waals surface area contributed by atoms with Crippen molar-refractivity contribution < 1.29 is 28.3 Å². The van der Waals surface area contributed by atoms with Crippen LogP contribution in [0, 0.1) is 0 Å². The second-order valence-electron chi connectivity index (χ2n) is 7.51. The lowest BCUT2D eigenvalue weighted by molar-refractivity contribution is -0.137. The maximum atomic E-state index is 12.4. The summed E-state index contributed by atoms with van der Waals surface area (Å²) in [6.07, 6.45) is 1.14. The highest BCUT2D eigenvalue weighted by Gasteiger charge is 2.47. The summed E-state index contributed by atoms with van der Waals surface area (Å²) in [4.78, 5) is 29.9. The molecule has 12 nitrogen and oxygen atoms in total. The Balaban J connectivity index is 1.54. The van der Waals surface area contributed by atoms with Gasteiger partial charge < -0.3 is 30.0 Å². The molecule has 0 aliphatic carbocycles. The van der Waals surface area contributed by atoms with E-state index in [2.05, 4.69) is 25.3 Å². The second kappa shape index (κ2) is 8.99. The number of nitrogens with one attached hydrogen (secondary N) is 2. The molecule has 0 saturated carbocycles. The Labute approximate surface area is 201 Å². The number of furan rings is 1. The highest BCUT2D eigenvalue weighted by atomic mass is 35.5. The number of ether oxygens (including phenoxy) is 1. The standard InChI is InChI=1S/C21H20ClN7O5/c1-23-20(32)16-14(30)15(31)21(34-16)29-9-26-13-18(25-5-10-2-3-33-8-10)27-17(28-19(13)29)11-4-12(22)7-24-6-11/h2-4,6-9,14-16,21,30-31H,5H2,1H3,(H,23,32)(H,25,27,28)/t14-,15+,16-,21+/m0/s1/i1D3. The molecule has 1 saturated heterocycles. The lowest BCUT2D eigenvalue weighted by atomic mass is 10.1. The van der Waals surface area contributed by atoms with Crippen molar-refractivity contribution >= 4 is 34.5 Å². The molecule has 34 heavy (non-hydrogen) atoms. The Morgan fingerprint density at radius 2 is 2.21 bits per heavy atom. The summed E-state index contributed by atoms with van der Waals surface area (Å²) in [5, 5.41) is 26.4. The van der Waals surface area contributed by atoms with Crippen LogP contribution in [0.1, 0.15) is 15.9 Å². The number of pyridine rings is 1. The number of rotatable bonds is 6. The largest absolute Gasteiger partial charge is 0.472 e. The Hall–Kier alpha value is -3.58. The van der Waals surface area contributed by atoms with Crippen molar-refractivity contribution in [3.63, 3.8) is 0 Å². The van der Waals surface area contributed by atoms with Gasteiger partial charge in [-0.2, -0.15) is 0 Å². The smallest absolute Gasteiger partial charge is 0.251 e. The van der Waals surface area contributed by atoms with Crippen molar-refractivity contribution in [1.82, 2.24) is 29.8 Å². The number of aromatic nitrogens is 5. The molecule has 4 aromatic heterocycles. The number of anilines is 1. The number of hydrogen-bond donors (Lipinski definition) is 4. The van der Waals surface area contributed by atoms with Crippen LogP contribution in [0.3, 0.4) is 0 Å². The maximum absolute atomic E-state index is 12.4. The van der Waals surface area contributed by atoms with Gasteiger partial charge in [0.1, 0.15) is 12.2 Å². The van der Waals surface area contributed by atoms with Gasteiger partial charge in [-0.3, -0.25) is 14.3 Å². The molecule has 0 unspecified atom stereocenters. The van der Waals surface area contributed by atoms with E-state index in [1.54, 1.807) is 23.7 Å². The van der Waals surface area contributed by atoms with Crippen LogP contribution in [0.5, 0.6) is 0 Å². The summed E-state index contributed by atoms with van der Waals surface area (Å²) in [5.74, 6) is -0.533. The molecule has 4 N–H and O–H groups in total. The fourth-order valence-electron chi connectivity index (χ4n) is 3.65. The molecule has 13 heteroatoms. The molecule has 1 aliphatic rings. The summed E-state index contributed by atoms with van der Waals surface area (Å²) in [6, 6.07) is 3.40. The van der Waals surface area contributed by atoms with Gasteiger partial charge in [0.2, 0.25) is 0 Å². The predicted molar refractivity (Wildman–Crippen MR) is 120 cm³/mol. The van der Waals surface area contributed by atoms with Gasteiger partial charge in [0.25, 0.3) is 5.91 Å². The number of aliphatic hydroxyl groups excluding tert-OH is 2. The van der Waals surface area contributed by atoms with Crippen LogP contribution in [0.2, 0.25) is 5.02 Å². The number of hydrogen-bond acceptors (Lipinski definition) is 10. The minimum atomic E-state index is -2.80. The molecule has 5 heterocycles. The van der Waals surface area contributed by atoms with Crippen LogP contribution in [0.25, 0.3) is 22.6 Å². The summed E-state index contributed by atoms with van der Waals surface area (Å²) in [5.41, 5.74) is 1.85. The van der Waals surface area contributed by atoms with Crippen LogP contribution in [-0.4, -0.2) is 65.9 Å². The van der Waals surface area contributed by atoms with Gasteiger partial charge in [-0.15, -0.1) is 0 Å². The van der Waals surface area contributed by atoms with Gasteiger partial charge in [-0.1, -0.05) is 11.6 Å². The number of imidazole rings is 1. The molecule has 1 amide bonds. The van der Waals surface area contributed by atoms with E-state index in [-0.39, 0.29) is 11.5 Å². The third-order valence-corrected chi connectivity index (χ3v) is 5.53. The fourth-order valence-corrected chi connectivity index (χ4v) is 3.82. The van der Waals surface area contributed by atoms with Crippen molar-refractivity contribution in [3.05, 3.63) is 54.0 Å². The van der Waals surface area contributed by atoms with Crippen LogP contribution in [-0.2, 0) is 16.1 Å². The van der Waals surface area contributed by atoms with Gasteiger partial charge in [0.05, 0.1) is 23.9 Å². The Morgan fingerprint density at radius 3 is 2.97 bits per heavy atom. The summed E-state index contributed by atoms with van der Waals surface area (Å²) in [6.45, 7) is -2.45. The molecule has 4 atom stereocenters. The zero-order valence-electron chi connectivity index (χ0n) is 20.3. The zero-order chi connectivity index (χ0) is 26.3.